The molecule has 1 aliphatic rings. The van der Waals surface area contributed by atoms with Crippen LogP contribution in [-0.4, -0.2) is 24.3 Å². The lowest BCUT2D eigenvalue weighted by molar-refractivity contribution is -0.0445. The summed E-state index contributed by atoms with van der Waals surface area (Å²) in [4.78, 5) is 12.1. The van der Waals surface area contributed by atoms with Crippen molar-refractivity contribution in [1.29, 1.82) is 0 Å². The van der Waals surface area contributed by atoms with Gasteiger partial charge in [-0.15, -0.1) is 0 Å². The van der Waals surface area contributed by atoms with Gasteiger partial charge in [0.2, 0.25) is 0 Å². The zero-order valence-corrected chi connectivity index (χ0v) is 12.7. The van der Waals surface area contributed by atoms with Crippen molar-refractivity contribution in [2.24, 2.45) is 0 Å². The van der Waals surface area contributed by atoms with Crippen LogP contribution in [0.25, 0.3) is 0 Å². The highest BCUT2D eigenvalue weighted by Gasteiger charge is 2.32. The average Bonchev–Trinajstić information content (AvgIpc) is 2.70. The molecule has 4 nitrogen and oxygen atoms in total. The summed E-state index contributed by atoms with van der Waals surface area (Å²) < 4.78 is 11.2. The molecule has 1 atom stereocenters. The standard InChI is InChI=1S/C16H23NO3/c1-10-7-11(2)14(17)8-13(10)15(18)19-9-12-5-6-16(3,4)20-12/h7-8,12H,5-6,9,17H2,1-4H3. The Balaban J connectivity index is 1.98. The van der Waals surface area contributed by atoms with Crippen molar-refractivity contribution in [3.8, 4) is 0 Å². The molecule has 0 aliphatic carbocycles. The van der Waals surface area contributed by atoms with E-state index in [0.29, 0.717) is 17.9 Å². The summed E-state index contributed by atoms with van der Waals surface area (Å²) in [7, 11) is 0. The summed E-state index contributed by atoms with van der Waals surface area (Å²) in [5.74, 6) is -0.331. The van der Waals surface area contributed by atoms with Crippen LogP contribution in [0, 0.1) is 13.8 Å². The minimum Gasteiger partial charge on any atom is -0.459 e. The van der Waals surface area contributed by atoms with E-state index in [-0.39, 0.29) is 17.7 Å². The van der Waals surface area contributed by atoms with Crippen LogP contribution in [-0.2, 0) is 9.47 Å². The number of nitrogens with two attached hydrogens (primary N) is 1. The van der Waals surface area contributed by atoms with Crippen molar-refractivity contribution in [2.45, 2.75) is 52.2 Å². The van der Waals surface area contributed by atoms with E-state index in [1.807, 2.05) is 19.9 Å². The van der Waals surface area contributed by atoms with E-state index in [1.165, 1.54) is 0 Å². The highest BCUT2D eigenvalue weighted by molar-refractivity contribution is 5.92. The van der Waals surface area contributed by atoms with Crippen molar-refractivity contribution in [3.05, 3.63) is 28.8 Å². The molecule has 1 heterocycles. The van der Waals surface area contributed by atoms with Crippen LogP contribution in [0.5, 0.6) is 0 Å². The van der Waals surface area contributed by atoms with Crippen LogP contribution in [0.3, 0.4) is 0 Å². The van der Waals surface area contributed by atoms with Crippen LogP contribution in [0.15, 0.2) is 12.1 Å². The van der Waals surface area contributed by atoms with Crippen molar-refractivity contribution >= 4 is 11.7 Å². The molecule has 0 saturated carbocycles. The van der Waals surface area contributed by atoms with Gasteiger partial charge in [-0.05, 0) is 57.7 Å². The lowest BCUT2D eigenvalue weighted by atomic mass is 10.0. The number of rotatable bonds is 3. The van der Waals surface area contributed by atoms with Gasteiger partial charge in [-0.2, -0.15) is 0 Å². The average molecular weight is 277 g/mol. The first-order valence-corrected chi connectivity index (χ1v) is 7.00. The quantitative estimate of drug-likeness (QED) is 0.681. The summed E-state index contributed by atoms with van der Waals surface area (Å²) in [5, 5.41) is 0. The fraction of sp³-hybridized carbons (Fsp3) is 0.562. The summed E-state index contributed by atoms with van der Waals surface area (Å²) in [6, 6.07) is 3.59. The lowest BCUT2D eigenvalue weighted by Gasteiger charge is -2.19. The van der Waals surface area contributed by atoms with Gasteiger partial charge >= 0.3 is 5.97 Å². The van der Waals surface area contributed by atoms with Gasteiger partial charge in [0.1, 0.15) is 6.61 Å². The van der Waals surface area contributed by atoms with Gasteiger partial charge in [-0.25, -0.2) is 4.79 Å². The fourth-order valence-corrected chi connectivity index (χ4v) is 2.53. The Morgan fingerprint density at radius 1 is 1.40 bits per heavy atom. The number of aryl methyl sites for hydroxylation is 2. The zero-order chi connectivity index (χ0) is 14.9. The van der Waals surface area contributed by atoms with Gasteiger partial charge in [0, 0.05) is 5.69 Å². The molecule has 0 bridgehead atoms. The molecular formula is C16H23NO3. The first-order chi connectivity index (χ1) is 9.28. The third-order valence-electron chi connectivity index (χ3n) is 3.79. The van der Waals surface area contributed by atoms with E-state index in [9.17, 15) is 4.79 Å². The molecule has 4 heteroatoms. The van der Waals surface area contributed by atoms with Crippen LogP contribution >= 0.6 is 0 Å². The van der Waals surface area contributed by atoms with Crippen molar-refractivity contribution in [2.75, 3.05) is 12.3 Å². The van der Waals surface area contributed by atoms with E-state index in [1.54, 1.807) is 6.07 Å². The van der Waals surface area contributed by atoms with Crippen molar-refractivity contribution in [1.82, 2.24) is 0 Å². The second kappa shape index (κ2) is 5.44. The van der Waals surface area contributed by atoms with Gasteiger partial charge < -0.3 is 15.2 Å². The van der Waals surface area contributed by atoms with Gasteiger partial charge in [0.05, 0.1) is 17.3 Å². The summed E-state index contributed by atoms with van der Waals surface area (Å²) in [5.41, 5.74) is 8.74. The molecular weight excluding hydrogens is 254 g/mol. The third-order valence-corrected chi connectivity index (χ3v) is 3.79. The van der Waals surface area contributed by atoms with Crippen LogP contribution < -0.4 is 5.73 Å². The molecule has 0 amide bonds. The monoisotopic (exact) mass is 277 g/mol. The van der Waals surface area contributed by atoms with E-state index in [4.69, 9.17) is 15.2 Å². The predicted octanol–water partition coefficient (Wildman–Crippen LogP) is 3.00. The first-order valence-electron chi connectivity index (χ1n) is 7.00. The van der Waals surface area contributed by atoms with E-state index in [0.717, 1.165) is 24.0 Å². The van der Waals surface area contributed by atoms with Gasteiger partial charge in [0.25, 0.3) is 0 Å². The van der Waals surface area contributed by atoms with E-state index >= 15 is 0 Å². The number of carbonyl (C=O) groups excluding carboxylic acids is 1. The van der Waals surface area contributed by atoms with E-state index < -0.39 is 0 Å². The van der Waals surface area contributed by atoms with Crippen molar-refractivity contribution < 1.29 is 14.3 Å². The second-order valence-corrected chi connectivity index (χ2v) is 6.16. The molecule has 1 unspecified atom stereocenters. The fourth-order valence-electron chi connectivity index (χ4n) is 2.53. The number of ether oxygens (including phenoxy) is 2. The first kappa shape index (κ1) is 14.9. The van der Waals surface area contributed by atoms with Crippen molar-refractivity contribution in [3.63, 3.8) is 0 Å². The molecule has 110 valence electrons. The Hall–Kier alpha value is -1.55. The third kappa shape index (κ3) is 3.31. The smallest absolute Gasteiger partial charge is 0.338 e. The molecule has 1 fully saturated rings. The molecule has 2 rings (SSSR count). The SMILES string of the molecule is Cc1cc(C)c(C(=O)OCC2CCC(C)(C)O2)cc1N. The van der Waals surface area contributed by atoms with Gasteiger partial charge in [0.15, 0.2) is 0 Å². The number of hydrogen-bond donors (Lipinski definition) is 1. The molecule has 20 heavy (non-hydrogen) atoms. The minimum atomic E-state index is -0.331. The maximum Gasteiger partial charge on any atom is 0.338 e. The lowest BCUT2D eigenvalue weighted by Crippen LogP contribution is -2.24. The topological polar surface area (TPSA) is 61.5 Å². The molecule has 2 N–H and O–H groups in total. The summed E-state index contributed by atoms with van der Waals surface area (Å²) in [6.45, 7) is 8.22. The number of anilines is 1. The normalized spacial score (nSPS) is 20.9. The minimum absolute atomic E-state index is 0.00273. The molecule has 1 saturated heterocycles. The maximum absolute atomic E-state index is 12.1. The summed E-state index contributed by atoms with van der Waals surface area (Å²) >= 11 is 0. The molecule has 0 radical (unpaired) electrons. The Kier molecular flexibility index (Phi) is 4.04. The van der Waals surface area contributed by atoms with Crippen LogP contribution in [0.2, 0.25) is 0 Å². The molecule has 1 aromatic rings. The number of hydrogen-bond acceptors (Lipinski definition) is 4. The molecule has 0 aromatic heterocycles. The number of carbonyl (C=O) groups is 1. The molecule has 1 aromatic carbocycles. The predicted molar refractivity (Wildman–Crippen MR) is 78.8 cm³/mol. The number of benzene rings is 1. The number of esters is 1. The highest BCUT2D eigenvalue weighted by atomic mass is 16.6. The Morgan fingerprint density at radius 3 is 2.70 bits per heavy atom. The highest BCUT2D eigenvalue weighted by Crippen LogP contribution is 2.29. The largest absolute Gasteiger partial charge is 0.459 e. The Bertz CT molecular complexity index is 523. The molecule has 0 spiro atoms. The second-order valence-electron chi connectivity index (χ2n) is 6.16. The summed E-state index contributed by atoms with van der Waals surface area (Å²) in [6.07, 6.45) is 1.91. The van der Waals surface area contributed by atoms with E-state index in [2.05, 4.69) is 13.8 Å². The van der Waals surface area contributed by atoms with Gasteiger partial charge in [-0.3, -0.25) is 0 Å². The van der Waals surface area contributed by atoms with Gasteiger partial charge in [-0.1, -0.05) is 6.07 Å². The van der Waals surface area contributed by atoms with Crippen LogP contribution in [0.1, 0.15) is 48.2 Å². The Labute approximate surface area is 120 Å². The Morgan fingerprint density at radius 2 is 2.10 bits per heavy atom. The van der Waals surface area contributed by atoms with Crippen LogP contribution in [0.4, 0.5) is 5.69 Å². The molecule has 1 aliphatic heterocycles. The zero-order valence-electron chi connectivity index (χ0n) is 12.7. The number of nitrogen functional groups attached to an aromatic ring is 1. The maximum atomic E-state index is 12.1.